The fraction of sp³-hybridized carbons (Fsp3) is 0.889. The van der Waals surface area contributed by atoms with Gasteiger partial charge in [0.2, 0.25) is 0 Å². The van der Waals surface area contributed by atoms with E-state index in [-0.39, 0.29) is 11.8 Å². The van der Waals surface area contributed by atoms with Crippen LogP contribution >= 0.6 is 0 Å². The van der Waals surface area contributed by atoms with Crippen molar-refractivity contribution in [1.29, 1.82) is 0 Å². The number of epoxide rings is 1. The van der Waals surface area contributed by atoms with E-state index in [0.717, 1.165) is 6.29 Å². The zero-order valence-electron chi connectivity index (χ0n) is 8.55. The highest BCUT2D eigenvalue weighted by molar-refractivity contribution is 6.82. The molecule has 2 nitrogen and oxygen atoms in total. The summed E-state index contributed by atoms with van der Waals surface area (Å²) in [6.45, 7) is 11.3. The Hall–Kier alpha value is -0.153. The molecule has 2 atom stereocenters. The molecule has 12 heavy (non-hydrogen) atoms. The molecule has 0 radical (unpaired) electrons. The van der Waals surface area contributed by atoms with Crippen molar-refractivity contribution in [2.24, 2.45) is 0 Å². The zero-order chi connectivity index (χ0) is 9.57. The van der Waals surface area contributed by atoms with Gasteiger partial charge in [0, 0.05) is 0 Å². The normalized spacial score (nSPS) is 30.1. The van der Waals surface area contributed by atoms with Gasteiger partial charge in [0.25, 0.3) is 0 Å². The second kappa shape index (κ2) is 2.67. The van der Waals surface area contributed by atoms with Crippen molar-refractivity contribution in [2.45, 2.75) is 50.7 Å². The average molecular weight is 186 g/mol. The molecule has 3 heteroatoms. The van der Waals surface area contributed by atoms with Crippen LogP contribution in [0.1, 0.15) is 20.8 Å². The molecule has 70 valence electrons. The smallest absolute Gasteiger partial charge is 0.151 e. The van der Waals surface area contributed by atoms with Gasteiger partial charge in [-0.25, -0.2) is 0 Å². The van der Waals surface area contributed by atoms with Crippen molar-refractivity contribution < 1.29 is 9.53 Å². The lowest BCUT2D eigenvalue weighted by Gasteiger charge is -2.35. The lowest BCUT2D eigenvalue weighted by molar-refractivity contribution is -0.108. The molecule has 0 spiro atoms. The Bertz CT molecular complexity index is 193. The van der Waals surface area contributed by atoms with E-state index in [1.165, 1.54) is 0 Å². The fourth-order valence-corrected chi connectivity index (χ4v) is 3.49. The lowest BCUT2D eigenvalue weighted by Crippen LogP contribution is -2.44. The van der Waals surface area contributed by atoms with Crippen LogP contribution in [0.25, 0.3) is 0 Å². The maximum absolute atomic E-state index is 10.4. The first kappa shape index (κ1) is 9.93. The van der Waals surface area contributed by atoms with Crippen molar-refractivity contribution in [2.75, 3.05) is 0 Å². The molecule has 0 N–H and O–H groups in total. The summed E-state index contributed by atoms with van der Waals surface area (Å²) in [5.41, 5.74) is 0.259. The van der Waals surface area contributed by atoms with Gasteiger partial charge in [-0.05, 0) is 5.04 Å². The van der Waals surface area contributed by atoms with E-state index in [4.69, 9.17) is 4.74 Å². The number of hydrogen-bond donors (Lipinski definition) is 0. The van der Waals surface area contributed by atoms with Gasteiger partial charge in [0.1, 0.15) is 6.10 Å². The minimum absolute atomic E-state index is 0.0918. The Morgan fingerprint density at radius 2 is 1.83 bits per heavy atom. The van der Waals surface area contributed by atoms with E-state index < -0.39 is 8.07 Å². The van der Waals surface area contributed by atoms with Crippen LogP contribution < -0.4 is 0 Å². The summed E-state index contributed by atoms with van der Waals surface area (Å²) in [7, 11) is -1.41. The molecule has 1 aliphatic rings. The first-order chi connectivity index (χ1) is 5.30. The van der Waals surface area contributed by atoms with Crippen LogP contribution in [0.3, 0.4) is 0 Å². The Kier molecular flexibility index (Phi) is 2.21. The van der Waals surface area contributed by atoms with Gasteiger partial charge < -0.3 is 9.53 Å². The topological polar surface area (TPSA) is 29.6 Å². The van der Waals surface area contributed by atoms with Crippen molar-refractivity contribution in [3.05, 3.63) is 0 Å². The van der Waals surface area contributed by atoms with Crippen LogP contribution in [0.2, 0.25) is 18.1 Å². The number of ether oxygens (including phenoxy) is 1. The molecule has 0 aromatic rings. The average Bonchev–Trinajstić information content (AvgIpc) is 2.62. The summed E-state index contributed by atoms with van der Waals surface area (Å²) in [5, 5.41) is 0.315. The molecule has 0 aliphatic carbocycles. The van der Waals surface area contributed by atoms with E-state index in [1.807, 2.05) is 0 Å². The Labute approximate surface area is 75.3 Å². The highest BCUT2D eigenvalue weighted by atomic mass is 28.3. The third kappa shape index (κ3) is 1.48. The molecule has 0 aromatic carbocycles. The molecule has 0 aromatic heterocycles. The third-order valence-corrected chi connectivity index (χ3v) is 9.06. The SMILES string of the molecule is CC(C)(C)[Si](C)(C)[C@H]1O[C@H]1C=O. The Balaban J connectivity index is 2.68. The highest BCUT2D eigenvalue weighted by Gasteiger charge is 2.55. The van der Waals surface area contributed by atoms with E-state index in [2.05, 4.69) is 33.9 Å². The van der Waals surface area contributed by atoms with Gasteiger partial charge in [0.15, 0.2) is 6.29 Å². The van der Waals surface area contributed by atoms with Crippen LogP contribution in [0.5, 0.6) is 0 Å². The molecule has 0 saturated carbocycles. The first-order valence-electron chi connectivity index (χ1n) is 4.41. The largest absolute Gasteiger partial charge is 0.365 e. The van der Waals surface area contributed by atoms with Gasteiger partial charge >= 0.3 is 0 Å². The van der Waals surface area contributed by atoms with Crippen LogP contribution in [0.4, 0.5) is 0 Å². The van der Waals surface area contributed by atoms with Crippen molar-refractivity contribution in [1.82, 2.24) is 0 Å². The maximum atomic E-state index is 10.4. The number of carbonyl (C=O) groups is 1. The standard InChI is InChI=1S/C9H18O2Si/c1-9(2,3)12(4,5)8-7(6-10)11-8/h6-8H,1-5H3/t7-,8+/m0/s1. The Morgan fingerprint density at radius 1 is 1.33 bits per heavy atom. The van der Waals surface area contributed by atoms with Crippen molar-refractivity contribution in [3.8, 4) is 0 Å². The summed E-state index contributed by atoms with van der Waals surface area (Å²) in [5.74, 6) is 0. The van der Waals surface area contributed by atoms with Crippen LogP contribution in [0.15, 0.2) is 0 Å². The summed E-state index contributed by atoms with van der Waals surface area (Å²) in [6.07, 6.45) is 0.844. The van der Waals surface area contributed by atoms with Crippen molar-refractivity contribution >= 4 is 14.4 Å². The van der Waals surface area contributed by atoms with E-state index in [9.17, 15) is 4.79 Å². The molecule has 1 fully saturated rings. The van der Waals surface area contributed by atoms with Crippen molar-refractivity contribution in [3.63, 3.8) is 0 Å². The highest BCUT2D eigenvalue weighted by Crippen LogP contribution is 2.45. The van der Waals surface area contributed by atoms with E-state index in [0.29, 0.717) is 5.04 Å². The molecule has 0 amide bonds. The predicted molar refractivity (Wildman–Crippen MR) is 51.9 cm³/mol. The molecule has 1 heterocycles. The number of rotatable bonds is 2. The van der Waals surface area contributed by atoms with Gasteiger partial charge in [-0.15, -0.1) is 0 Å². The number of aldehydes is 1. The molecular weight excluding hydrogens is 168 g/mol. The summed E-state index contributed by atoms with van der Waals surface area (Å²) in [4.78, 5) is 10.4. The number of hydrogen-bond acceptors (Lipinski definition) is 2. The zero-order valence-corrected chi connectivity index (χ0v) is 9.55. The minimum Gasteiger partial charge on any atom is -0.365 e. The minimum atomic E-state index is -1.41. The predicted octanol–water partition coefficient (Wildman–Crippen LogP) is 2.00. The van der Waals surface area contributed by atoms with Gasteiger partial charge in [0.05, 0.1) is 13.8 Å². The number of carbonyl (C=O) groups excluding carboxylic acids is 1. The van der Waals surface area contributed by atoms with Gasteiger partial charge in [-0.1, -0.05) is 33.9 Å². The Morgan fingerprint density at radius 3 is 2.08 bits per heavy atom. The summed E-state index contributed by atoms with van der Waals surface area (Å²) >= 11 is 0. The summed E-state index contributed by atoms with van der Waals surface area (Å²) < 4.78 is 5.35. The lowest BCUT2D eigenvalue weighted by atomic mass is 10.2. The third-order valence-electron chi connectivity index (χ3n) is 3.30. The van der Waals surface area contributed by atoms with Gasteiger partial charge in [-0.2, -0.15) is 0 Å². The second-order valence-electron chi connectivity index (χ2n) is 5.13. The maximum Gasteiger partial charge on any atom is 0.151 e. The first-order valence-corrected chi connectivity index (χ1v) is 7.49. The van der Waals surface area contributed by atoms with Gasteiger partial charge in [-0.3, -0.25) is 0 Å². The van der Waals surface area contributed by atoms with Crippen LogP contribution in [-0.4, -0.2) is 26.2 Å². The molecule has 0 bridgehead atoms. The molecule has 0 unspecified atom stereocenters. The van der Waals surface area contributed by atoms with E-state index >= 15 is 0 Å². The van der Waals surface area contributed by atoms with E-state index in [1.54, 1.807) is 0 Å². The summed E-state index contributed by atoms with van der Waals surface area (Å²) in [6, 6.07) is 0. The van der Waals surface area contributed by atoms with Crippen LogP contribution in [-0.2, 0) is 9.53 Å². The quantitative estimate of drug-likeness (QED) is 0.375. The van der Waals surface area contributed by atoms with Crippen LogP contribution in [0, 0.1) is 0 Å². The fourth-order valence-electron chi connectivity index (χ4n) is 1.23. The molecule has 1 aliphatic heterocycles. The monoisotopic (exact) mass is 186 g/mol. The molecular formula is C9H18O2Si. The molecule has 1 rings (SSSR count). The molecule has 1 saturated heterocycles. The second-order valence-corrected chi connectivity index (χ2v) is 10.6.